The number of carbonyl (C=O) groups is 1. The van der Waals surface area contributed by atoms with Crippen molar-refractivity contribution >= 4 is 17.6 Å². The van der Waals surface area contributed by atoms with Gasteiger partial charge in [0.1, 0.15) is 16.8 Å². The Bertz CT molecular complexity index is 551. The molecule has 0 amide bonds. The van der Waals surface area contributed by atoms with Crippen LogP contribution >= 0.6 is 11.6 Å². The second-order valence-electron chi connectivity index (χ2n) is 3.19. The lowest BCUT2D eigenvalue weighted by atomic mass is 10.2. The molecule has 2 heterocycles. The van der Waals surface area contributed by atoms with E-state index in [1.165, 1.54) is 12.1 Å². The summed E-state index contributed by atoms with van der Waals surface area (Å²) in [5, 5.41) is 9.03. The molecule has 0 aliphatic carbocycles. The van der Waals surface area contributed by atoms with Crippen LogP contribution in [0.3, 0.4) is 0 Å². The molecule has 0 aromatic carbocycles. The van der Waals surface area contributed by atoms with E-state index in [1.807, 2.05) is 0 Å². The first-order chi connectivity index (χ1) is 7.58. The Hall–Kier alpha value is -1.88. The SMILES string of the molecule is Cc1nccn1-c1cc(C(=O)O)cc(Cl)n1. The molecule has 0 aliphatic heterocycles. The quantitative estimate of drug-likeness (QED) is 0.811. The predicted molar refractivity (Wildman–Crippen MR) is 58.1 cm³/mol. The Morgan fingerprint density at radius 1 is 1.50 bits per heavy atom. The zero-order valence-electron chi connectivity index (χ0n) is 8.38. The van der Waals surface area contributed by atoms with Crippen molar-refractivity contribution in [2.45, 2.75) is 6.92 Å². The number of halogens is 1. The summed E-state index contributed by atoms with van der Waals surface area (Å²) < 4.78 is 1.66. The summed E-state index contributed by atoms with van der Waals surface area (Å²) >= 11 is 5.76. The normalized spacial score (nSPS) is 10.4. The third-order valence-electron chi connectivity index (χ3n) is 2.10. The van der Waals surface area contributed by atoms with Gasteiger partial charge < -0.3 is 5.11 Å². The molecule has 16 heavy (non-hydrogen) atoms. The van der Waals surface area contributed by atoms with Crippen LogP contribution in [0.15, 0.2) is 24.5 Å². The van der Waals surface area contributed by atoms with Crippen LogP contribution in [0.5, 0.6) is 0 Å². The van der Waals surface area contributed by atoms with Gasteiger partial charge >= 0.3 is 5.97 Å². The molecule has 0 spiro atoms. The molecule has 82 valence electrons. The summed E-state index contributed by atoms with van der Waals surface area (Å²) in [6.07, 6.45) is 3.30. The zero-order chi connectivity index (χ0) is 11.7. The highest BCUT2D eigenvalue weighted by Gasteiger charge is 2.09. The number of rotatable bonds is 2. The lowest BCUT2D eigenvalue weighted by Gasteiger charge is -2.05. The average Bonchev–Trinajstić information content (AvgIpc) is 2.63. The number of pyridine rings is 1. The van der Waals surface area contributed by atoms with Gasteiger partial charge in [0.2, 0.25) is 0 Å². The van der Waals surface area contributed by atoms with Crippen LogP contribution in [0.1, 0.15) is 16.2 Å². The fourth-order valence-corrected chi connectivity index (χ4v) is 1.55. The standard InChI is InChI=1S/C10H8ClN3O2/c1-6-12-2-3-14(6)9-5-7(10(15)16)4-8(11)13-9/h2-5H,1H3,(H,15,16). The fraction of sp³-hybridized carbons (Fsp3) is 0.100. The molecule has 0 radical (unpaired) electrons. The van der Waals surface area contributed by atoms with E-state index in [9.17, 15) is 4.79 Å². The van der Waals surface area contributed by atoms with Crippen LogP contribution in [0, 0.1) is 6.92 Å². The highest BCUT2D eigenvalue weighted by Crippen LogP contribution is 2.15. The third-order valence-corrected chi connectivity index (χ3v) is 2.29. The summed E-state index contributed by atoms with van der Waals surface area (Å²) in [5.41, 5.74) is 0.100. The zero-order valence-corrected chi connectivity index (χ0v) is 9.14. The second kappa shape index (κ2) is 3.94. The van der Waals surface area contributed by atoms with E-state index in [2.05, 4.69) is 9.97 Å². The van der Waals surface area contributed by atoms with Crippen molar-refractivity contribution < 1.29 is 9.90 Å². The highest BCUT2D eigenvalue weighted by molar-refractivity contribution is 6.29. The number of hydrogen-bond donors (Lipinski definition) is 1. The van der Waals surface area contributed by atoms with Crippen molar-refractivity contribution in [1.29, 1.82) is 0 Å². The van der Waals surface area contributed by atoms with Crippen molar-refractivity contribution in [3.05, 3.63) is 41.1 Å². The van der Waals surface area contributed by atoms with Crippen molar-refractivity contribution in [2.75, 3.05) is 0 Å². The monoisotopic (exact) mass is 237 g/mol. The second-order valence-corrected chi connectivity index (χ2v) is 3.57. The Balaban J connectivity index is 2.58. The number of nitrogens with zero attached hydrogens (tertiary/aromatic N) is 3. The molecule has 0 saturated heterocycles. The van der Waals surface area contributed by atoms with E-state index in [1.54, 1.807) is 23.9 Å². The van der Waals surface area contributed by atoms with Crippen molar-refractivity contribution in [1.82, 2.24) is 14.5 Å². The fourth-order valence-electron chi connectivity index (χ4n) is 1.35. The van der Waals surface area contributed by atoms with E-state index in [4.69, 9.17) is 16.7 Å². The first kappa shape index (κ1) is 10.6. The molecule has 0 bridgehead atoms. The van der Waals surface area contributed by atoms with Gasteiger partial charge in [0, 0.05) is 12.4 Å². The Kier molecular flexibility index (Phi) is 2.62. The largest absolute Gasteiger partial charge is 0.478 e. The molecular weight excluding hydrogens is 230 g/mol. The summed E-state index contributed by atoms with van der Waals surface area (Å²) in [6.45, 7) is 1.79. The predicted octanol–water partition coefficient (Wildman–Crippen LogP) is 1.93. The first-order valence-corrected chi connectivity index (χ1v) is 4.87. The van der Waals surface area contributed by atoms with Crippen LogP contribution in [0.4, 0.5) is 0 Å². The van der Waals surface area contributed by atoms with Gasteiger partial charge in [0.15, 0.2) is 0 Å². The van der Waals surface area contributed by atoms with Crippen molar-refractivity contribution in [2.24, 2.45) is 0 Å². The number of aryl methyl sites for hydroxylation is 1. The number of hydrogen-bond acceptors (Lipinski definition) is 3. The van der Waals surface area contributed by atoms with Gasteiger partial charge in [-0.2, -0.15) is 0 Å². The summed E-state index contributed by atoms with van der Waals surface area (Å²) in [6, 6.07) is 2.75. The Morgan fingerprint density at radius 3 is 2.81 bits per heavy atom. The maximum absolute atomic E-state index is 10.8. The van der Waals surface area contributed by atoms with E-state index in [-0.39, 0.29) is 10.7 Å². The van der Waals surface area contributed by atoms with Gasteiger partial charge in [-0.1, -0.05) is 11.6 Å². The molecule has 6 heteroatoms. The number of imidazole rings is 1. The summed E-state index contributed by atoms with van der Waals surface area (Å²) in [4.78, 5) is 18.9. The molecule has 2 rings (SSSR count). The molecule has 2 aromatic heterocycles. The molecule has 0 saturated carbocycles. The molecule has 0 atom stereocenters. The topological polar surface area (TPSA) is 68.0 Å². The molecule has 0 unspecified atom stereocenters. The third kappa shape index (κ3) is 1.90. The number of aromatic carboxylic acids is 1. The minimum atomic E-state index is -1.04. The molecule has 0 fully saturated rings. The number of carboxylic acid groups (broad SMARTS) is 1. The Labute approximate surface area is 96.3 Å². The molecule has 0 aliphatic rings. The molecular formula is C10H8ClN3O2. The van der Waals surface area contributed by atoms with Crippen LogP contribution < -0.4 is 0 Å². The molecule has 2 aromatic rings. The minimum Gasteiger partial charge on any atom is -0.478 e. The van der Waals surface area contributed by atoms with Gasteiger partial charge in [-0.05, 0) is 19.1 Å². The van der Waals surface area contributed by atoms with Crippen LogP contribution in [0.2, 0.25) is 5.15 Å². The van der Waals surface area contributed by atoms with E-state index >= 15 is 0 Å². The van der Waals surface area contributed by atoms with E-state index in [0.717, 1.165) is 0 Å². The van der Waals surface area contributed by atoms with Crippen LogP contribution in [0.25, 0.3) is 5.82 Å². The summed E-state index contributed by atoms with van der Waals surface area (Å²) in [7, 11) is 0. The number of aromatic nitrogens is 3. The first-order valence-electron chi connectivity index (χ1n) is 4.49. The smallest absolute Gasteiger partial charge is 0.335 e. The Morgan fingerprint density at radius 2 is 2.25 bits per heavy atom. The minimum absolute atomic E-state index is 0.100. The maximum Gasteiger partial charge on any atom is 0.335 e. The van der Waals surface area contributed by atoms with Crippen LogP contribution in [-0.2, 0) is 0 Å². The summed E-state index contributed by atoms with van der Waals surface area (Å²) in [5.74, 6) is 0.120. The van der Waals surface area contributed by atoms with Gasteiger partial charge in [-0.3, -0.25) is 4.57 Å². The van der Waals surface area contributed by atoms with Gasteiger partial charge in [0.25, 0.3) is 0 Å². The molecule has 5 nitrogen and oxygen atoms in total. The molecule has 1 N–H and O–H groups in total. The van der Waals surface area contributed by atoms with Gasteiger partial charge in [0.05, 0.1) is 5.56 Å². The maximum atomic E-state index is 10.8. The lowest BCUT2D eigenvalue weighted by Crippen LogP contribution is -2.03. The van der Waals surface area contributed by atoms with Gasteiger partial charge in [-0.15, -0.1) is 0 Å². The lowest BCUT2D eigenvalue weighted by molar-refractivity contribution is 0.0696. The van der Waals surface area contributed by atoms with E-state index < -0.39 is 5.97 Å². The highest BCUT2D eigenvalue weighted by atomic mass is 35.5. The van der Waals surface area contributed by atoms with E-state index in [0.29, 0.717) is 11.6 Å². The van der Waals surface area contributed by atoms with Gasteiger partial charge in [-0.25, -0.2) is 14.8 Å². The van der Waals surface area contributed by atoms with Crippen molar-refractivity contribution in [3.63, 3.8) is 0 Å². The van der Waals surface area contributed by atoms with Crippen molar-refractivity contribution in [3.8, 4) is 5.82 Å². The number of carboxylic acids is 1. The van der Waals surface area contributed by atoms with Crippen LogP contribution in [-0.4, -0.2) is 25.6 Å². The average molecular weight is 238 g/mol.